The lowest BCUT2D eigenvalue weighted by molar-refractivity contribution is -0.870. The van der Waals surface area contributed by atoms with E-state index < -0.39 is 24.3 Å². The Kier molecular flexibility index (Phi) is 55.8. The molecule has 9 heteroatoms. The third-order valence-electron chi connectivity index (χ3n) is 14.3. The van der Waals surface area contributed by atoms with Crippen molar-refractivity contribution in [2.24, 2.45) is 0 Å². The molecule has 0 N–H and O–H groups in total. The van der Waals surface area contributed by atoms with E-state index in [-0.39, 0.29) is 32.2 Å². The SMILES string of the molecule is CCC/C=C\C/C=C\CCCCCCCC(=O)OC(COC(=O)CCCCCCCCCCCCCCCCCCCCCCCCCCC/C=C\CCCCCCCCCC)COC(OCC[N+](C)(C)C)C(=O)[O-]. The number of aliphatic carboxylic acids is 1. The smallest absolute Gasteiger partial charge is 0.306 e. The van der Waals surface area contributed by atoms with Gasteiger partial charge in [0.25, 0.3) is 0 Å². The molecular weight excluding hydrogens is 935 g/mol. The first-order chi connectivity index (χ1) is 36.6. The molecule has 0 spiro atoms. The van der Waals surface area contributed by atoms with Crippen LogP contribution in [0.4, 0.5) is 0 Å². The van der Waals surface area contributed by atoms with Gasteiger partial charge in [0.15, 0.2) is 12.4 Å². The molecule has 0 aliphatic rings. The lowest BCUT2D eigenvalue weighted by Gasteiger charge is -2.26. The molecule has 0 bridgehead atoms. The average Bonchev–Trinajstić information content (AvgIpc) is 3.38. The van der Waals surface area contributed by atoms with Gasteiger partial charge in [0.2, 0.25) is 0 Å². The molecule has 0 fully saturated rings. The number of allylic oxidation sites excluding steroid dienone is 6. The summed E-state index contributed by atoms with van der Waals surface area (Å²) in [6.45, 7) is 4.70. The third-order valence-corrected chi connectivity index (χ3v) is 14.3. The number of nitrogens with zero attached hydrogens (tertiary/aromatic N) is 1. The number of rotatable bonds is 60. The highest BCUT2D eigenvalue weighted by atomic mass is 16.7. The number of unbranched alkanes of at least 4 members (excludes halogenated alkanes) is 39. The van der Waals surface area contributed by atoms with E-state index in [2.05, 4.69) is 50.3 Å². The van der Waals surface area contributed by atoms with E-state index in [0.29, 0.717) is 23.9 Å². The average molecular weight is 1060 g/mol. The first-order valence-corrected chi connectivity index (χ1v) is 32.1. The number of quaternary nitrogens is 1. The number of carboxylic acid groups (broad SMARTS) is 1. The fourth-order valence-corrected chi connectivity index (χ4v) is 9.40. The van der Waals surface area contributed by atoms with Gasteiger partial charge in [0, 0.05) is 12.8 Å². The fraction of sp³-hybridized carbons (Fsp3) is 0.864. The third kappa shape index (κ3) is 59.0. The number of carboxylic acids is 1. The molecular formula is C66H123NO8. The maximum atomic E-state index is 12.8. The summed E-state index contributed by atoms with van der Waals surface area (Å²) >= 11 is 0. The highest BCUT2D eigenvalue weighted by molar-refractivity contribution is 5.70. The molecule has 9 nitrogen and oxygen atoms in total. The molecule has 0 aliphatic heterocycles. The summed E-state index contributed by atoms with van der Waals surface area (Å²) in [6.07, 6.45) is 68.2. The summed E-state index contributed by atoms with van der Waals surface area (Å²) in [5.41, 5.74) is 0. The Balaban J connectivity index is 3.92. The minimum atomic E-state index is -1.62. The zero-order valence-corrected chi connectivity index (χ0v) is 50.2. The van der Waals surface area contributed by atoms with Gasteiger partial charge in [-0.3, -0.25) is 9.59 Å². The van der Waals surface area contributed by atoms with Crippen molar-refractivity contribution in [1.29, 1.82) is 0 Å². The van der Waals surface area contributed by atoms with Crippen molar-refractivity contribution in [3.05, 3.63) is 36.5 Å². The van der Waals surface area contributed by atoms with E-state index in [1.165, 1.54) is 212 Å². The lowest BCUT2D eigenvalue weighted by atomic mass is 10.0. The van der Waals surface area contributed by atoms with Crippen LogP contribution in [0.5, 0.6) is 0 Å². The molecule has 0 aromatic heterocycles. The highest BCUT2D eigenvalue weighted by Gasteiger charge is 2.22. The van der Waals surface area contributed by atoms with Gasteiger partial charge in [0.1, 0.15) is 13.2 Å². The van der Waals surface area contributed by atoms with E-state index >= 15 is 0 Å². The molecule has 0 aromatic carbocycles. The molecule has 0 aromatic rings. The summed E-state index contributed by atoms with van der Waals surface area (Å²) in [4.78, 5) is 37.2. The fourth-order valence-electron chi connectivity index (χ4n) is 9.40. The highest BCUT2D eigenvalue weighted by Crippen LogP contribution is 2.18. The van der Waals surface area contributed by atoms with Crippen LogP contribution in [0.2, 0.25) is 0 Å². The number of likely N-dealkylation sites (N-methyl/N-ethyl adjacent to an activating group) is 1. The summed E-state index contributed by atoms with van der Waals surface area (Å²) in [6, 6.07) is 0. The minimum Gasteiger partial charge on any atom is -0.545 e. The number of hydrogen-bond acceptors (Lipinski definition) is 8. The Morgan fingerprint density at radius 3 is 1.12 bits per heavy atom. The van der Waals surface area contributed by atoms with Crippen LogP contribution in [0, 0.1) is 0 Å². The maximum Gasteiger partial charge on any atom is 0.306 e. The molecule has 0 saturated carbocycles. The Morgan fingerprint density at radius 2 is 0.747 bits per heavy atom. The van der Waals surface area contributed by atoms with Gasteiger partial charge >= 0.3 is 11.9 Å². The number of carbonyl (C=O) groups is 3. The summed E-state index contributed by atoms with van der Waals surface area (Å²) < 4.78 is 22.7. The van der Waals surface area contributed by atoms with E-state index in [4.69, 9.17) is 18.9 Å². The first kappa shape index (κ1) is 72.5. The van der Waals surface area contributed by atoms with Gasteiger partial charge in [-0.25, -0.2) is 0 Å². The Morgan fingerprint density at radius 1 is 0.400 bits per heavy atom. The Bertz CT molecular complexity index is 1320. The van der Waals surface area contributed by atoms with E-state index in [0.717, 1.165) is 64.2 Å². The van der Waals surface area contributed by atoms with Crippen LogP contribution in [0.25, 0.3) is 0 Å². The Hall–Kier alpha value is -2.49. The van der Waals surface area contributed by atoms with Crippen LogP contribution in [-0.2, 0) is 33.3 Å². The number of carbonyl (C=O) groups excluding carboxylic acids is 3. The number of ether oxygens (including phenoxy) is 4. The van der Waals surface area contributed by atoms with Crippen molar-refractivity contribution < 1.29 is 42.9 Å². The number of hydrogen-bond donors (Lipinski definition) is 0. The summed E-state index contributed by atoms with van der Waals surface area (Å²) in [5, 5.41) is 11.8. The van der Waals surface area contributed by atoms with Crippen LogP contribution >= 0.6 is 0 Å². The van der Waals surface area contributed by atoms with Crippen molar-refractivity contribution in [2.75, 3.05) is 47.5 Å². The molecule has 440 valence electrons. The van der Waals surface area contributed by atoms with Crippen molar-refractivity contribution in [3.8, 4) is 0 Å². The standard InChI is InChI=1S/C66H123NO8/c1-6-8-10-12-14-16-18-20-21-22-23-24-25-26-27-28-29-30-31-32-33-34-35-36-37-38-39-40-41-42-43-45-46-48-50-52-54-56-63(68)73-60-62(61-74-66(65(70)71)72-59-58-67(3,4)5)75-64(69)57-55-53-51-49-47-44-19-17-15-13-11-9-7-2/h11,13,17,19,22-23,62,66H,6-10,12,14-16,18,20-21,24-61H2,1-5H3/b13-11-,19-17-,23-22-. The van der Waals surface area contributed by atoms with Gasteiger partial charge in [-0.2, -0.15) is 0 Å². The molecule has 2 atom stereocenters. The van der Waals surface area contributed by atoms with Gasteiger partial charge in [-0.1, -0.05) is 269 Å². The number of esters is 2. The predicted octanol–water partition coefficient (Wildman–Crippen LogP) is 17.9. The maximum absolute atomic E-state index is 12.8. The predicted molar refractivity (Wildman–Crippen MR) is 316 cm³/mol. The van der Waals surface area contributed by atoms with E-state index in [9.17, 15) is 19.5 Å². The van der Waals surface area contributed by atoms with Crippen molar-refractivity contribution in [1.82, 2.24) is 0 Å². The molecule has 0 saturated heterocycles. The second kappa shape index (κ2) is 57.7. The molecule has 0 rings (SSSR count). The van der Waals surface area contributed by atoms with Gasteiger partial charge in [-0.05, 0) is 64.2 Å². The lowest BCUT2D eigenvalue weighted by Crippen LogP contribution is -2.44. The second-order valence-electron chi connectivity index (χ2n) is 23.0. The zero-order chi connectivity index (χ0) is 54.8. The zero-order valence-electron chi connectivity index (χ0n) is 50.2. The van der Waals surface area contributed by atoms with Crippen molar-refractivity contribution in [3.63, 3.8) is 0 Å². The van der Waals surface area contributed by atoms with E-state index in [1.54, 1.807) is 0 Å². The van der Waals surface area contributed by atoms with Crippen LogP contribution < -0.4 is 5.11 Å². The molecule has 0 amide bonds. The summed E-state index contributed by atoms with van der Waals surface area (Å²) in [7, 11) is 5.92. The van der Waals surface area contributed by atoms with Crippen LogP contribution in [0.15, 0.2) is 36.5 Å². The molecule has 0 aliphatic carbocycles. The van der Waals surface area contributed by atoms with Crippen molar-refractivity contribution >= 4 is 17.9 Å². The molecule has 0 radical (unpaired) electrons. The van der Waals surface area contributed by atoms with Crippen LogP contribution in [-0.4, -0.2) is 82.3 Å². The largest absolute Gasteiger partial charge is 0.545 e. The van der Waals surface area contributed by atoms with Gasteiger partial charge in [0.05, 0.1) is 40.3 Å². The molecule has 75 heavy (non-hydrogen) atoms. The topological polar surface area (TPSA) is 111 Å². The van der Waals surface area contributed by atoms with Crippen molar-refractivity contribution in [2.45, 2.75) is 322 Å². The van der Waals surface area contributed by atoms with Gasteiger partial charge < -0.3 is 33.3 Å². The minimum absolute atomic E-state index is 0.146. The normalized spacial score (nSPS) is 12.9. The van der Waals surface area contributed by atoms with E-state index in [1.807, 2.05) is 21.1 Å². The van der Waals surface area contributed by atoms with Crippen LogP contribution in [0.3, 0.4) is 0 Å². The van der Waals surface area contributed by atoms with Crippen LogP contribution in [0.1, 0.15) is 309 Å². The molecule has 0 heterocycles. The second-order valence-corrected chi connectivity index (χ2v) is 23.0. The van der Waals surface area contributed by atoms with Gasteiger partial charge in [-0.15, -0.1) is 0 Å². The first-order valence-electron chi connectivity index (χ1n) is 32.1. The summed E-state index contributed by atoms with van der Waals surface area (Å²) in [5.74, 6) is -2.29. The quantitative estimate of drug-likeness (QED) is 0.0195. The monoisotopic (exact) mass is 1060 g/mol. The molecule has 2 unspecified atom stereocenters. The Labute approximate surface area is 464 Å².